The van der Waals surface area contributed by atoms with Gasteiger partial charge in [-0.1, -0.05) is 11.6 Å². The largest absolute Gasteiger partial charge is 0.396 e. The molecule has 16 heavy (non-hydrogen) atoms. The van der Waals surface area contributed by atoms with Gasteiger partial charge in [0.05, 0.1) is 5.69 Å². The molecule has 1 aromatic heterocycles. The number of hydrogen-bond donors (Lipinski definition) is 3. The lowest BCUT2D eigenvalue weighted by Gasteiger charge is -2.23. The molecule has 1 amide bonds. The van der Waals surface area contributed by atoms with Gasteiger partial charge in [-0.3, -0.25) is 4.79 Å². The second-order valence-electron chi connectivity index (χ2n) is 3.70. The van der Waals surface area contributed by atoms with Gasteiger partial charge < -0.3 is 16.4 Å². The summed E-state index contributed by atoms with van der Waals surface area (Å²) in [6.07, 6.45) is 1.73. The Kier molecular flexibility index (Phi) is 3.14. The van der Waals surface area contributed by atoms with Gasteiger partial charge in [-0.05, 0) is 25.0 Å². The van der Waals surface area contributed by atoms with Crippen molar-refractivity contribution >= 4 is 29.0 Å². The third-order valence-corrected chi connectivity index (χ3v) is 2.70. The summed E-state index contributed by atoms with van der Waals surface area (Å²) in [6, 6.07) is 3.00. The molecule has 2 rings (SSSR count). The summed E-state index contributed by atoms with van der Waals surface area (Å²) in [5.41, 5.74) is 6.23. The van der Waals surface area contributed by atoms with Crippen LogP contribution in [0.15, 0.2) is 12.1 Å². The summed E-state index contributed by atoms with van der Waals surface area (Å²) >= 11 is 5.76. The van der Waals surface area contributed by atoms with Gasteiger partial charge in [0, 0.05) is 6.54 Å². The van der Waals surface area contributed by atoms with E-state index in [1.807, 2.05) is 0 Å². The minimum absolute atomic E-state index is 0.0209. The monoisotopic (exact) mass is 240 g/mol. The van der Waals surface area contributed by atoms with E-state index in [2.05, 4.69) is 15.6 Å². The number of nitrogens with two attached hydrogens (primary N) is 1. The van der Waals surface area contributed by atoms with Crippen molar-refractivity contribution in [3.63, 3.8) is 0 Å². The number of nitrogens with one attached hydrogen (secondary N) is 2. The van der Waals surface area contributed by atoms with E-state index < -0.39 is 0 Å². The maximum Gasteiger partial charge on any atom is 0.242 e. The van der Waals surface area contributed by atoms with E-state index in [-0.39, 0.29) is 11.9 Å². The van der Waals surface area contributed by atoms with Crippen molar-refractivity contribution in [1.82, 2.24) is 10.3 Å². The summed E-state index contributed by atoms with van der Waals surface area (Å²) in [7, 11) is 0. The Labute approximate surface area is 98.4 Å². The number of pyridine rings is 1. The summed E-state index contributed by atoms with van der Waals surface area (Å²) < 4.78 is 0. The fraction of sp³-hybridized carbons (Fsp3) is 0.400. The van der Waals surface area contributed by atoms with Crippen LogP contribution in [0, 0.1) is 0 Å². The number of hydrogen-bond acceptors (Lipinski definition) is 4. The van der Waals surface area contributed by atoms with Crippen molar-refractivity contribution < 1.29 is 4.79 Å². The smallest absolute Gasteiger partial charge is 0.242 e. The van der Waals surface area contributed by atoms with Crippen molar-refractivity contribution in [2.45, 2.75) is 18.9 Å². The molecule has 6 heteroatoms. The molecule has 0 bridgehead atoms. The molecular formula is C10H13ClN4O. The number of carbonyl (C=O) groups excluding carboxylic acids is 1. The van der Waals surface area contributed by atoms with Crippen molar-refractivity contribution in [3.05, 3.63) is 17.3 Å². The molecule has 0 spiro atoms. The van der Waals surface area contributed by atoms with Crippen LogP contribution in [-0.4, -0.2) is 23.5 Å². The second-order valence-corrected chi connectivity index (χ2v) is 4.09. The molecular weight excluding hydrogens is 228 g/mol. The SMILES string of the molecule is Nc1ccc(Cl)nc1NC1CCCNC1=O. The van der Waals surface area contributed by atoms with E-state index in [4.69, 9.17) is 17.3 Å². The Hall–Kier alpha value is -1.49. The van der Waals surface area contributed by atoms with E-state index in [9.17, 15) is 4.79 Å². The molecule has 4 N–H and O–H groups in total. The van der Waals surface area contributed by atoms with Gasteiger partial charge in [0.25, 0.3) is 0 Å². The molecule has 2 heterocycles. The zero-order valence-electron chi connectivity index (χ0n) is 8.66. The Balaban J connectivity index is 2.13. The Morgan fingerprint density at radius 2 is 2.38 bits per heavy atom. The van der Waals surface area contributed by atoms with Crippen LogP contribution < -0.4 is 16.4 Å². The first-order valence-corrected chi connectivity index (χ1v) is 5.51. The highest BCUT2D eigenvalue weighted by Crippen LogP contribution is 2.20. The number of carbonyl (C=O) groups is 1. The van der Waals surface area contributed by atoms with Gasteiger partial charge in [0.1, 0.15) is 11.2 Å². The van der Waals surface area contributed by atoms with E-state index in [1.54, 1.807) is 12.1 Å². The van der Waals surface area contributed by atoms with Gasteiger partial charge in [-0.25, -0.2) is 4.98 Å². The number of halogens is 1. The average Bonchev–Trinajstić information content (AvgIpc) is 2.27. The third-order valence-electron chi connectivity index (χ3n) is 2.49. The van der Waals surface area contributed by atoms with Crippen molar-refractivity contribution in [2.24, 2.45) is 0 Å². The normalized spacial score (nSPS) is 20.3. The number of aromatic nitrogens is 1. The molecule has 1 fully saturated rings. The maximum absolute atomic E-state index is 11.5. The van der Waals surface area contributed by atoms with E-state index >= 15 is 0 Å². The lowest BCUT2D eigenvalue weighted by Crippen LogP contribution is -2.44. The quantitative estimate of drug-likeness (QED) is 0.674. The molecule has 0 aromatic carbocycles. The van der Waals surface area contributed by atoms with Crippen LogP contribution in [0.25, 0.3) is 0 Å². The van der Waals surface area contributed by atoms with Gasteiger partial charge in [0.15, 0.2) is 5.82 Å². The summed E-state index contributed by atoms with van der Waals surface area (Å²) in [5, 5.41) is 6.15. The number of nitrogen functional groups attached to an aromatic ring is 1. The fourth-order valence-electron chi connectivity index (χ4n) is 1.64. The average molecular weight is 241 g/mol. The van der Waals surface area contributed by atoms with Crippen LogP contribution in [0.5, 0.6) is 0 Å². The topological polar surface area (TPSA) is 80.0 Å². The second kappa shape index (κ2) is 4.57. The number of rotatable bonds is 2. The summed E-state index contributed by atoms with van der Waals surface area (Å²) in [6.45, 7) is 0.732. The van der Waals surface area contributed by atoms with Crippen LogP contribution in [0.1, 0.15) is 12.8 Å². The number of amides is 1. The molecule has 0 aliphatic carbocycles. The molecule has 0 saturated carbocycles. The molecule has 0 radical (unpaired) electrons. The highest BCUT2D eigenvalue weighted by Gasteiger charge is 2.22. The molecule has 1 aliphatic rings. The zero-order valence-corrected chi connectivity index (χ0v) is 9.42. The number of nitrogens with zero attached hydrogens (tertiary/aromatic N) is 1. The Morgan fingerprint density at radius 3 is 3.12 bits per heavy atom. The highest BCUT2D eigenvalue weighted by molar-refractivity contribution is 6.29. The summed E-state index contributed by atoms with van der Waals surface area (Å²) in [4.78, 5) is 15.6. The van der Waals surface area contributed by atoms with Crippen LogP contribution in [0.4, 0.5) is 11.5 Å². The molecule has 1 unspecified atom stereocenters. The van der Waals surface area contributed by atoms with Crippen molar-refractivity contribution in [3.8, 4) is 0 Å². The van der Waals surface area contributed by atoms with Gasteiger partial charge in [-0.15, -0.1) is 0 Å². The summed E-state index contributed by atoms with van der Waals surface area (Å²) in [5.74, 6) is 0.446. The predicted octanol–water partition coefficient (Wildman–Crippen LogP) is 1.01. The van der Waals surface area contributed by atoms with Crippen LogP contribution in [-0.2, 0) is 4.79 Å². The Bertz CT molecular complexity index is 410. The lowest BCUT2D eigenvalue weighted by molar-refractivity contribution is -0.123. The fourth-order valence-corrected chi connectivity index (χ4v) is 1.78. The molecule has 5 nitrogen and oxygen atoms in total. The minimum Gasteiger partial charge on any atom is -0.396 e. The predicted molar refractivity (Wildman–Crippen MR) is 63.3 cm³/mol. The minimum atomic E-state index is -0.276. The van der Waals surface area contributed by atoms with E-state index in [0.29, 0.717) is 16.7 Å². The van der Waals surface area contributed by atoms with Gasteiger partial charge in [0.2, 0.25) is 5.91 Å². The highest BCUT2D eigenvalue weighted by atomic mass is 35.5. The van der Waals surface area contributed by atoms with Crippen LogP contribution in [0.3, 0.4) is 0 Å². The third kappa shape index (κ3) is 2.36. The van der Waals surface area contributed by atoms with E-state index in [0.717, 1.165) is 19.4 Å². The van der Waals surface area contributed by atoms with Gasteiger partial charge >= 0.3 is 0 Å². The first-order valence-electron chi connectivity index (χ1n) is 5.13. The van der Waals surface area contributed by atoms with Gasteiger partial charge in [-0.2, -0.15) is 0 Å². The molecule has 1 aromatic rings. The van der Waals surface area contributed by atoms with Crippen molar-refractivity contribution in [1.29, 1.82) is 0 Å². The number of piperidine rings is 1. The number of anilines is 2. The van der Waals surface area contributed by atoms with Crippen LogP contribution >= 0.6 is 11.6 Å². The molecule has 1 saturated heterocycles. The van der Waals surface area contributed by atoms with E-state index in [1.165, 1.54) is 0 Å². The molecule has 86 valence electrons. The maximum atomic E-state index is 11.5. The lowest BCUT2D eigenvalue weighted by atomic mass is 10.1. The Morgan fingerprint density at radius 1 is 1.56 bits per heavy atom. The standard InChI is InChI=1S/C10H13ClN4O/c11-8-4-3-6(12)9(15-8)14-7-2-1-5-13-10(7)16/h3-4,7H,1-2,5,12H2,(H,13,16)(H,14,15). The molecule has 1 aliphatic heterocycles. The first-order chi connectivity index (χ1) is 7.66. The molecule has 1 atom stereocenters. The van der Waals surface area contributed by atoms with Crippen LogP contribution in [0.2, 0.25) is 5.15 Å². The zero-order chi connectivity index (χ0) is 11.5. The first kappa shape index (κ1) is 11.0. The van der Waals surface area contributed by atoms with Crippen molar-refractivity contribution in [2.75, 3.05) is 17.6 Å².